The van der Waals surface area contributed by atoms with Crippen molar-refractivity contribution in [3.8, 4) is 11.5 Å². The Hall–Kier alpha value is -2.56. The first-order chi connectivity index (χ1) is 17.6. The Morgan fingerprint density at radius 1 is 0.889 bits per heavy atom. The summed E-state index contributed by atoms with van der Waals surface area (Å²) in [7, 11) is 0. The van der Waals surface area contributed by atoms with Crippen molar-refractivity contribution in [2.24, 2.45) is 5.10 Å². The number of allylic oxidation sites excluding steroid dienone is 4. The third-order valence-electron chi connectivity index (χ3n) is 7.07. The summed E-state index contributed by atoms with van der Waals surface area (Å²) in [6.45, 7) is 2.27. The van der Waals surface area contributed by atoms with Crippen LogP contribution in [0.15, 0.2) is 47.6 Å². The quantitative estimate of drug-likeness (QED) is 0.102. The van der Waals surface area contributed by atoms with Gasteiger partial charge in [0, 0.05) is 24.3 Å². The van der Waals surface area contributed by atoms with E-state index in [1.54, 1.807) is 18.3 Å². The lowest BCUT2D eigenvalue weighted by Crippen LogP contribution is -2.28. The molecule has 0 bridgehead atoms. The molecule has 1 atom stereocenters. The van der Waals surface area contributed by atoms with E-state index in [4.69, 9.17) is 0 Å². The molecule has 1 aromatic rings. The molecule has 0 aromatic heterocycles. The van der Waals surface area contributed by atoms with Crippen LogP contribution in [0.2, 0.25) is 0 Å². The summed E-state index contributed by atoms with van der Waals surface area (Å²) in [6, 6.07) is 4.57. The summed E-state index contributed by atoms with van der Waals surface area (Å²) < 4.78 is 0. The minimum Gasteiger partial charge on any atom is -0.508 e. The number of carbonyl (C=O) groups excluding carboxylic acids is 1. The van der Waals surface area contributed by atoms with E-state index in [2.05, 4.69) is 17.5 Å². The van der Waals surface area contributed by atoms with Crippen LogP contribution in [0.3, 0.4) is 0 Å². The summed E-state index contributed by atoms with van der Waals surface area (Å²) in [6.07, 6.45) is 30.1. The highest BCUT2D eigenvalue weighted by Gasteiger charge is 2.30. The van der Waals surface area contributed by atoms with Gasteiger partial charge in [-0.3, -0.25) is 4.79 Å². The zero-order chi connectivity index (χ0) is 25.9. The number of phenolic OH excluding ortho intramolecular Hbond substituents is 2. The lowest BCUT2D eigenvalue weighted by atomic mass is 9.76. The molecule has 0 fully saturated rings. The van der Waals surface area contributed by atoms with Crippen molar-refractivity contribution in [2.75, 3.05) is 0 Å². The highest BCUT2D eigenvalue weighted by molar-refractivity contribution is 5.82. The van der Waals surface area contributed by atoms with Crippen molar-refractivity contribution in [3.05, 3.63) is 48.1 Å². The fraction of sp³-hybridized carbons (Fsp3) is 0.613. The van der Waals surface area contributed by atoms with Gasteiger partial charge < -0.3 is 10.2 Å². The number of phenols is 2. The summed E-state index contributed by atoms with van der Waals surface area (Å²) in [5, 5.41) is 24.2. The maximum atomic E-state index is 12.2. The molecule has 3 N–H and O–H groups in total. The topological polar surface area (TPSA) is 81.9 Å². The molecular weight excluding hydrogens is 448 g/mol. The van der Waals surface area contributed by atoms with Gasteiger partial charge in [-0.1, -0.05) is 127 Å². The second kappa shape index (κ2) is 17.8. The van der Waals surface area contributed by atoms with Gasteiger partial charge in [-0.2, -0.15) is 5.10 Å². The maximum absolute atomic E-state index is 12.2. The molecule has 1 unspecified atom stereocenters. The molecule has 5 nitrogen and oxygen atoms in total. The standard InChI is InChI=1S/C31H48N2O3/c1-2-3-4-5-6-7-8-9-10-11-12-13-14-15-17-20-30(36)33-32-26-31(23-18-16-19-24-31)28-22-21-27(34)25-29(28)35/h16,18-19,21-23,25-26,34-35H,2-15,17,20,24H2,1H3,(H,33,36). The molecule has 1 aliphatic carbocycles. The van der Waals surface area contributed by atoms with E-state index in [1.807, 2.05) is 24.3 Å². The van der Waals surface area contributed by atoms with Crippen LogP contribution in [-0.4, -0.2) is 22.3 Å². The number of benzene rings is 1. The normalized spacial score (nSPS) is 17.1. The van der Waals surface area contributed by atoms with Crippen molar-refractivity contribution >= 4 is 12.1 Å². The molecule has 0 heterocycles. The Morgan fingerprint density at radius 3 is 2.00 bits per heavy atom. The smallest absolute Gasteiger partial charge is 0.240 e. The Balaban J connectivity index is 1.54. The fourth-order valence-electron chi connectivity index (χ4n) is 4.85. The van der Waals surface area contributed by atoms with Gasteiger partial charge in [-0.15, -0.1) is 0 Å². The summed E-state index contributed by atoms with van der Waals surface area (Å²) in [5.41, 5.74) is 2.63. The summed E-state index contributed by atoms with van der Waals surface area (Å²) in [5.74, 6) is -0.0673. The van der Waals surface area contributed by atoms with Gasteiger partial charge in [0.2, 0.25) is 5.91 Å². The number of rotatable bonds is 19. The third-order valence-corrected chi connectivity index (χ3v) is 7.07. The average Bonchev–Trinajstić information content (AvgIpc) is 2.87. The zero-order valence-electron chi connectivity index (χ0n) is 22.4. The minimum absolute atomic E-state index is 0.00512. The predicted molar refractivity (Wildman–Crippen MR) is 151 cm³/mol. The second-order valence-corrected chi connectivity index (χ2v) is 10.2. The van der Waals surface area contributed by atoms with E-state index in [0.29, 0.717) is 18.4 Å². The van der Waals surface area contributed by atoms with Gasteiger partial charge >= 0.3 is 0 Å². The van der Waals surface area contributed by atoms with Gasteiger partial charge in [0.1, 0.15) is 11.5 Å². The first-order valence-electron chi connectivity index (χ1n) is 14.3. The molecule has 1 aromatic carbocycles. The Bertz CT molecular complexity index is 846. The molecule has 0 saturated heterocycles. The van der Waals surface area contributed by atoms with Crippen LogP contribution >= 0.6 is 0 Å². The Labute approximate surface area is 218 Å². The summed E-state index contributed by atoms with van der Waals surface area (Å²) >= 11 is 0. The fourth-order valence-corrected chi connectivity index (χ4v) is 4.85. The Morgan fingerprint density at radius 2 is 1.47 bits per heavy atom. The van der Waals surface area contributed by atoms with Crippen molar-refractivity contribution in [2.45, 2.75) is 121 Å². The van der Waals surface area contributed by atoms with E-state index in [1.165, 1.54) is 89.5 Å². The number of hydrogen-bond donors (Lipinski definition) is 3. The number of hydrazone groups is 1. The molecule has 5 heteroatoms. The zero-order valence-corrected chi connectivity index (χ0v) is 22.4. The average molecular weight is 497 g/mol. The van der Waals surface area contributed by atoms with Crippen LogP contribution in [0.25, 0.3) is 0 Å². The number of nitrogens with one attached hydrogen (secondary N) is 1. The monoisotopic (exact) mass is 496 g/mol. The molecule has 0 spiro atoms. The van der Waals surface area contributed by atoms with Crippen LogP contribution in [0, 0.1) is 0 Å². The van der Waals surface area contributed by atoms with Gasteiger partial charge in [-0.05, 0) is 18.9 Å². The number of carbonyl (C=O) groups is 1. The highest BCUT2D eigenvalue weighted by atomic mass is 16.3. The first-order valence-corrected chi connectivity index (χ1v) is 14.3. The van der Waals surface area contributed by atoms with Gasteiger partial charge in [0.05, 0.1) is 5.41 Å². The molecule has 0 aliphatic heterocycles. The van der Waals surface area contributed by atoms with E-state index in [0.717, 1.165) is 12.8 Å². The lowest BCUT2D eigenvalue weighted by Gasteiger charge is -2.28. The Kier molecular flexibility index (Phi) is 14.7. The van der Waals surface area contributed by atoms with Crippen molar-refractivity contribution in [1.29, 1.82) is 0 Å². The lowest BCUT2D eigenvalue weighted by molar-refractivity contribution is -0.121. The van der Waals surface area contributed by atoms with Gasteiger partial charge in [-0.25, -0.2) is 5.43 Å². The number of amides is 1. The van der Waals surface area contributed by atoms with E-state index < -0.39 is 5.41 Å². The SMILES string of the molecule is CCCCCCCCCCCCCCCCCC(=O)NN=CC1(c2ccc(O)cc2O)C=CC=CC1. The molecule has 1 amide bonds. The van der Waals surface area contributed by atoms with Crippen molar-refractivity contribution < 1.29 is 15.0 Å². The van der Waals surface area contributed by atoms with E-state index in [-0.39, 0.29) is 17.4 Å². The minimum atomic E-state index is -0.658. The van der Waals surface area contributed by atoms with Crippen molar-refractivity contribution in [3.63, 3.8) is 0 Å². The highest BCUT2D eigenvalue weighted by Crippen LogP contribution is 2.38. The molecular formula is C31H48N2O3. The van der Waals surface area contributed by atoms with Crippen LogP contribution < -0.4 is 5.43 Å². The number of nitrogens with zero attached hydrogens (tertiary/aromatic N) is 1. The van der Waals surface area contributed by atoms with E-state index in [9.17, 15) is 15.0 Å². The van der Waals surface area contributed by atoms with E-state index >= 15 is 0 Å². The van der Waals surface area contributed by atoms with Crippen LogP contribution in [0.1, 0.15) is 122 Å². The number of hydrogen-bond acceptors (Lipinski definition) is 4. The predicted octanol–water partition coefficient (Wildman–Crippen LogP) is 8.22. The summed E-state index contributed by atoms with van der Waals surface area (Å²) in [4.78, 5) is 12.2. The second-order valence-electron chi connectivity index (χ2n) is 10.2. The number of aromatic hydroxyl groups is 2. The molecule has 200 valence electrons. The van der Waals surface area contributed by atoms with Crippen LogP contribution in [-0.2, 0) is 10.2 Å². The molecule has 0 radical (unpaired) electrons. The van der Waals surface area contributed by atoms with Crippen LogP contribution in [0.5, 0.6) is 11.5 Å². The molecule has 1 aliphatic rings. The number of unbranched alkanes of at least 4 members (excludes halogenated alkanes) is 14. The maximum Gasteiger partial charge on any atom is 0.240 e. The molecule has 2 rings (SSSR count). The van der Waals surface area contributed by atoms with Crippen molar-refractivity contribution in [1.82, 2.24) is 5.43 Å². The van der Waals surface area contributed by atoms with Gasteiger partial charge in [0.15, 0.2) is 0 Å². The van der Waals surface area contributed by atoms with Gasteiger partial charge in [0.25, 0.3) is 0 Å². The first kappa shape index (κ1) is 29.7. The largest absolute Gasteiger partial charge is 0.508 e. The van der Waals surface area contributed by atoms with Crippen LogP contribution in [0.4, 0.5) is 0 Å². The molecule has 36 heavy (non-hydrogen) atoms. The third kappa shape index (κ3) is 11.5. The molecule has 0 saturated carbocycles.